The molecular weight excluding hydrogens is 494 g/mol. The first-order chi connectivity index (χ1) is 19.1. The van der Waals surface area contributed by atoms with Crippen molar-refractivity contribution in [2.75, 3.05) is 26.6 Å². The first-order valence-corrected chi connectivity index (χ1v) is 12.9. The first kappa shape index (κ1) is 35.6. The lowest BCUT2D eigenvalue weighted by atomic mass is 10.0. The fraction of sp³-hybridized carbons (Fsp3) is 0.229. The monoisotopic (exact) mass is 543 g/mol. The maximum Gasteiger partial charge on any atom is 0.121 e. The number of rotatable bonds is 11. The van der Waals surface area contributed by atoms with Crippen LogP contribution >= 0.6 is 0 Å². The van der Waals surface area contributed by atoms with E-state index < -0.39 is 0 Å². The largest absolute Gasteiger partial charge is 0.496 e. The van der Waals surface area contributed by atoms with Crippen LogP contribution in [0.25, 0.3) is 11.8 Å². The van der Waals surface area contributed by atoms with Crippen LogP contribution in [-0.4, -0.2) is 37.3 Å². The molecule has 0 saturated heterocycles. The van der Waals surface area contributed by atoms with Gasteiger partial charge >= 0.3 is 0 Å². The summed E-state index contributed by atoms with van der Waals surface area (Å²) in [6.07, 6.45) is 13.1. The van der Waals surface area contributed by atoms with Crippen molar-refractivity contribution >= 4 is 17.5 Å². The number of ether oxygens (including phenoxy) is 1. The summed E-state index contributed by atoms with van der Waals surface area (Å²) in [7, 11) is 4.79. The van der Waals surface area contributed by atoms with Gasteiger partial charge in [-0.2, -0.15) is 0 Å². The molecular formula is C35H49N3O2. The molecule has 0 bridgehead atoms. The van der Waals surface area contributed by atoms with Gasteiger partial charge in [-0.3, -0.25) is 0 Å². The third-order valence-corrected chi connectivity index (χ3v) is 5.90. The predicted molar refractivity (Wildman–Crippen MR) is 178 cm³/mol. The Kier molecular flexibility index (Phi) is 17.4. The number of aliphatic hydroxyl groups is 1. The maximum absolute atomic E-state index is 7.00. The van der Waals surface area contributed by atoms with Crippen molar-refractivity contribution in [3.8, 4) is 5.75 Å². The Labute approximate surface area is 243 Å². The topological polar surface area (TPSA) is 70.8 Å². The highest BCUT2D eigenvalue weighted by atomic mass is 16.5. The van der Waals surface area contributed by atoms with Gasteiger partial charge in [0, 0.05) is 44.8 Å². The molecule has 0 aliphatic rings. The van der Waals surface area contributed by atoms with E-state index in [1.54, 1.807) is 13.2 Å². The Bertz CT molecular complexity index is 1270. The summed E-state index contributed by atoms with van der Waals surface area (Å²) in [6.45, 7) is 23.3. The lowest BCUT2D eigenvalue weighted by Gasteiger charge is -2.27. The van der Waals surface area contributed by atoms with E-state index in [-0.39, 0.29) is 1.43 Å². The fourth-order valence-electron chi connectivity index (χ4n) is 3.47. The van der Waals surface area contributed by atoms with Crippen molar-refractivity contribution in [2.24, 2.45) is 5.73 Å². The van der Waals surface area contributed by atoms with Crippen molar-refractivity contribution < 1.29 is 11.3 Å². The van der Waals surface area contributed by atoms with Crippen LogP contribution in [0.1, 0.15) is 37.5 Å². The highest BCUT2D eigenvalue weighted by molar-refractivity contribution is 5.72. The number of nitrogens with one attached hydrogen (secondary N) is 1. The van der Waals surface area contributed by atoms with Gasteiger partial charge in [0.15, 0.2) is 0 Å². The average molecular weight is 544 g/mol. The molecule has 0 atom stereocenters. The Morgan fingerprint density at radius 1 is 1.12 bits per heavy atom. The summed E-state index contributed by atoms with van der Waals surface area (Å²) < 4.78 is 5.29. The summed E-state index contributed by atoms with van der Waals surface area (Å²) in [4.78, 5) is 2.24. The lowest BCUT2D eigenvalue weighted by Crippen LogP contribution is -2.24. The lowest BCUT2D eigenvalue weighted by molar-refractivity contribution is 0.396. The third kappa shape index (κ3) is 11.5. The Morgan fingerprint density at radius 3 is 2.33 bits per heavy atom. The zero-order valence-corrected chi connectivity index (χ0v) is 25.3. The van der Waals surface area contributed by atoms with Crippen LogP contribution in [-0.2, 0) is 0 Å². The smallest absolute Gasteiger partial charge is 0.121 e. The molecule has 5 heteroatoms. The summed E-state index contributed by atoms with van der Waals surface area (Å²) in [6, 6.07) is 12.7. The molecule has 0 unspecified atom stereocenters. The number of hydrogen-bond donors (Lipinski definition) is 3. The average Bonchev–Trinajstić information content (AvgIpc) is 2.96. The Morgan fingerprint density at radius 2 is 1.80 bits per heavy atom. The van der Waals surface area contributed by atoms with E-state index in [9.17, 15) is 0 Å². The van der Waals surface area contributed by atoms with Crippen LogP contribution in [0.3, 0.4) is 0 Å². The van der Waals surface area contributed by atoms with Crippen LogP contribution in [0.15, 0.2) is 116 Å². The SMILES string of the molecule is C=C/C=C(/c1ccc(OC)c(C)c1)N(C)C(C)C.C=C=C(N)C(=C)/C=C\c1c(C)cccc1N/C=C\C=C.CO.[HH]. The van der Waals surface area contributed by atoms with Crippen LogP contribution < -0.4 is 15.8 Å². The minimum Gasteiger partial charge on any atom is -0.496 e. The maximum atomic E-state index is 7.00. The molecule has 216 valence electrons. The molecule has 40 heavy (non-hydrogen) atoms. The molecule has 5 nitrogen and oxygen atoms in total. The molecule has 0 aromatic heterocycles. The summed E-state index contributed by atoms with van der Waals surface area (Å²) >= 11 is 0. The minimum atomic E-state index is 0. The summed E-state index contributed by atoms with van der Waals surface area (Å²) in [5, 5.41) is 10.2. The van der Waals surface area contributed by atoms with E-state index in [1.807, 2.05) is 54.8 Å². The molecule has 0 aliphatic heterocycles. The van der Waals surface area contributed by atoms with Gasteiger partial charge in [-0.25, -0.2) is 0 Å². The number of methoxy groups -OCH3 is 1. The van der Waals surface area contributed by atoms with Crippen LogP contribution in [0.4, 0.5) is 5.69 Å². The highest BCUT2D eigenvalue weighted by Crippen LogP contribution is 2.26. The van der Waals surface area contributed by atoms with Gasteiger partial charge in [0.1, 0.15) is 5.75 Å². The van der Waals surface area contributed by atoms with Crippen molar-refractivity contribution in [1.82, 2.24) is 4.90 Å². The van der Waals surface area contributed by atoms with Crippen molar-refractivity contribution in [3.63, 3.8) is 0 Å². The van der Waals surface area contributed by atoms with Crippen LogP contribution in [0, 0.1) is 13.8 Å². The molecule has 4 N–H and O–H groups in total. The molecule has 2 rings (SSSR count). The van der Waals surface area contributed by atoms with Gasteiger partial charge in [-0.15, -0.1) is 5.73 Å². The van der Waals surface area contributed by atoms with Gasteiger partial charge in [0.05, 0.1) is 12.8 Å². The fourth-order valence-corrected chi connectivity index (χ4v) is 3.47. The second kappa shape index (κ2) is 19.6. The van der Waals surface area contributed by atoms with Crippen LogP contribution in [0.2, 0.25) is 0 Å². The molecule has 0 saturated carbocycles. The predicted octanol–water partition coefficient (Wildman–Crippen LogP) is 8.03. The third-order valence-electron chi connectivity index (χ3n) is 5.90. The normalized spacial score (nSPS) is 10.6. The molecule has 2 aromatic rings. The van der Waals surface area contributed by atoms with E-state index in [4.69, 9.17) is 15.6 Å². The Balaban J connectivity index is 0. The number of nitrogens with two attached hydrogens (primary N) is 1. The Hall–Kier alpha value is -4.44. The molecule has 0 heterocycles. The summed E-state index contributed by atoms with van der Waals surface area (Å²) in [5.41, 5.74) is 16.2. The minimum absolute atomic E-state index is 0. The van der Waals surface area contributed by atoms with Crippen molar-refractivity contribution in [2.45, 2.75) is 33.7 Å². The standard InChI is InChI=1S/C18H20N2.C16H23NO.CH4O.H2/c1-5-7-13-20-18-10-8-9-14(3)16(18)12-11-15(4)17(19)6-2;1-7-8-15(17(5)12(2)3)14-9-10-16(18-6)13(4)11-14;1-2;/h5,7-13,20H,1-2,4,19H2,3H3;7-12H,1H2,2-6H3;2H,1H3;1H/b12-11-,13-7-;15-8-;;. The van der Waals surface area contributed by atoms with Crippen molar-refractivity contribution in [3.05, 3.63) is 139 Å². The molecule has 0 spiro atoms. The number of nitrogens with zero attached hydrogens (tertiary/aromatic N) is 1. The molecule has 0 amide bonds. The van der Waals surface area contributed by atoms with Crippen LogP contribution in [0.5, 0.6) is 5.75 Å². The van der Waals surface area contributed by atoms with E-state index in [1.165, 1.54) is 11.3 Å². The van der Waals surface area contributed by atoms with Gasteiger partial charge < -0.3 is 25.8 Å². The van der Waals surface area contributed by atoms with Gasteiger partial charge in [-0.1, -0.05) is 62.8 Å². The van der Waals surface area contributed by atoms with Gasteiger partial charge in [-0.05, 0) is 86.4 Å². The zero-order valence-electron chi connectivity index (χ0n) is 25.3. The molecule has 0 fully saturated rings. The summed E-state index contributed by atoms with van der Waals surface area (Å²) in [5.74, 6) is 0.920. The number of aryl methyl sites for hydroxylation is 2. The van der Waals surface area contributed by atoms with E-state index in [0.717, 1.165) is 35.2 Å². The van der Waals surface area contributed by atoms with E-state index in [2.05, 4.69) is 95.2 Å². The number of hydrogen-bond acceptors (Lipinski definition) is 5. The molecule has 0 radical (unpaired) electrons. The zero-order chi connectivity index (χ0) is 30.7. The van der Waals surface area contributed by atoms with Gasteiger partial charge in [0.2, 0.25) is 0 Å². The quantitative estimate of drug-likeness (QED) is 0.198. The number of benzene rings is 2. The number of aliphatic hydroxyl groups excluding tert-OH is 1. The molecule has 2 aromatic carbocycles. The molecule has 0 aliphatic carbocycles. The second-order valence-electron chi connectivity index (χ2n) is 8.90. The van der Waals surface area contributed by atoms with Crippen molar-refractivity contribution in [1.29, 1.82) is 0 Å². The van der Waals surface area contributed by atoms with E-state index >= 15 is 0 Å². The number of anilines is 1. The second-order valence-corrected chi connectivity index (χ2v) is 8.90. The van der Waals surface area contributed by atoms with Gasteiger partial charge in [0.25, 0.3) is 0 Å². The first-order valence-electron chi connectivity index (χ1n) is 12.9. The number of allylic oxidation sites excluding steroid dienone is 5. The highest BCUT2D eigenvalue weighted by Gasteiger charge is 2.11. The van der Waals surface area contributed by atoms with E-state index in [0.29, 0.717) is 17.3 Å².